The summed E-state index contributed by atoms with van der Waals surface area (Å²) in [5.41, 5.74) is 0. The number of nitrogens with one attached hydrogen (secondary N) is 1. The van der Waals surface area contributed by atoms with Crippen molar-refractivity contribution < 1.29 is 4.74 Å². The Labute approximate surface area is 94.8 Å². The van der Waals surface area contributed by atoms with Gasteiger partial charge in [-0.15, -0.1) is 0 Å². The van der Waals surface area contributed by atoms with Gasteiger partial charge in [-0.3, -0.25) is 0 Å². The smallest absolute Gasteiger partial charge is 0.0722 e. The van der Waals surface area contributed by atoms with Crippen LogP contribution in [-0.2, 0) is 4.74 Å². The van der Waals surface area contributed by atoms with Crippen molar-refractivity contribution in [1.29, 1.82) is 0 Å². The Morgan fingerprint density at radius 2 is 2.00 bits per heavy atom. The van der Waals surface area contributed by atoms with Crippen LogP contribution in [0.4, 0.5) is 0 Å². The van der Waals surface area contributed by atoms with Gasteiger partial charge in [-0.05, 0) is 25.2 Å². The summed E-state index contributed by atoms with van der Waals surface area (Å²) in [4.78, 5) is 0. The third-order valence-corrected chi connectivity index (χ3v) is 3.01. The van der Waals surface area contributed by atoms with E-state index in [2.05, 4.69) is 26.1 Å². The van der Waals surface area contributed by atoms with E-state index in [9.17, 15) is 0 Å². The molecule has 2 nitrogen and oxygen atoms in total. The lowest BCUT2D eigenvalue weighted by atomic mass is 10.1. The molecule has 0 bridgehead atoms. The second-order valence-corrected chi connectivity index (χ2v) is 5.04. The van der Waals surface area contributed by atoms with Gasteiger partial charge in [0.1, 0.15) is 0 Å². The average molecular weight is 213 g/mol. The maximum absolute atomic E-state index is 5.92. The van der Waals surface area contributed by atoms with Crippen molar-refractivity contribution in [3.8, 4) is 0 Å². The Bertz CT molecular complexity index is 155. The first kappa shape index (κ1) is 13.0. The lowest BCUT2D eigenvalue weighted by Gasteiger charge is -2.22. The van der Waals surface area contributed by atoms with E-state index in [4.69, 9.17) is 4.74 Å². The molecule has 0 spiro atoms. The highest BCUT2D eigenvalue weighted by molar-refractivity contribution is 4.82. The first-order chi connectivity index (χ1) is 7.24. The molecule has 1 unspecified atom stereocenters. The second kappa shape index (κ2) is 7.24. The number of rotatable bonds is 9. The molecule has 2 heteroatoms. The van der Waals surface area contributed by atoms with Gasteiger partial charge in [-0.2, -0.15) is 0 Å². The van der Waals surface area contributed by atoms with E-state index in [1.807, 2.05) is 0 Å². The molecule has 90 valence electrons. The number of hydrogen-bond acceptors (Lipinski definition) is 2. The van der Waals surface area contributed by atoms with Crippen LogP contribution in [0.2, 0.25) is 0 Å². The van der Waals surface area contributed by atoms with Crippen LogP contribution in [0.5, 0.6) is 0 Å². The standard InChI is InChI=1S/C13H27NO/c1-4-5-6-9-15-13(11(2)3)10-14-12-7-8-12/h11-14H,4-10H2,1-3H3. The van der Waals surface area contributed by atoms with Crippen molar-refractivity contribution in [2.24, 2.45) is 5.92 Å². The van der Waals surface area contributed by atoms with Gasteiger partial charge in [0.2, 0.25) is 0 Å². The first-order valence-electron chi connectivity index (χ1n) is 6.59. The second-order valence-electron chi connectivity index (χ2n) is 5.04. The summed E-state index contributed by atoms with van der Waals surface area (Å²) >= 11 is 0. The summed E-state index contributed by atoms with van der Waals surface area (Å²) in [5, 5.41) is 3.55. The highest BCUT2D eigenvalue weighted by atomic mass is 16.5. The van der Waals surface area contributed by atoms with Gasteiger partial charge in [-0.1, -0.05) is 33.6 Å². The Morgan fingerprint density at radius 1 is 1.27 bits per heavy atom. The molecule has 0 aliphatic heterocycles. The van der Waals surface area contributed by atoms with E-state index in [-0.39, 0.29) is 0 Å². The third kappa shape index (κ3) is 6.16. The molecule has 1 atom stereocenters. The van der Waals surface area contributed by atoms with E-state index in [1.54, 1.807) is 0 Å². The zero-order valence-electron chi connectivity index (χ0n) is 10.6. The molecule has 1 N–H and O–H groups in total. The Kier molecular flexibility index (Phi) is 6.26. The van der Waals surface area contributed by atoms with E-state index in [0.29, 0.717) is 12.0 Å². The van der Waals surface area contributed by atoms with E-state index in [1.165, 1.54) is 32.1 Å². The van der Waals surface area contributed by atoms with Crippen LogP contribution in [-0.4, -0.2) is 25.3 Å². The maximum Gasteiger partial charge on any atom is 0.0722 e. The van der Waals surface area contributed by atoms with Crippen LogP contribution < -0.4 is 5.32 Å². The van der Waals surface area contributed by atoms with E-state index >= 15 is 0 Å². The fourth-order valence-electron chi connectivity index (χ4n) is 1.64. The predicted octanol–water partition coefficient (Wildman–Crippen LogP) is 2.97. The summed E-state index contributed by atoms with van der Waals surface area (Å²) in [5.74, 6) is 0.623. The molecular formula is C13H27NO. The van der Waals surface area contributed by atoms with Crippen molar-refractivity contribution in [3.05, 3.63) is 0 Å². The molecule has 15 heavy (non-hydrogen) atoms. The molecule has 0 aromatic rings. The third-order valence-electron chi connectivity index (χ3n) is 3.01. The summed E-state index contributed by atoms with van der Waals surface area (Å²) in [6.07, 6.45) is 6.91. The molecule has 1 rings (SSSR count). The zero-order chi connectivity index (χ0) is 11.1. The van der Waals surface area contributed by atoms with Crippen LogP contribution in [0.3, 0.4) is 0 Å². The van der Waals surface area contributed by atoms with Crippen molar-refractivity contribution in [2.45, 2.75) is 65.0 Å². The van der Waals surface area contributed by atoms with Gasteiger partial charge in [-0.25, -0.2) is 0 Å². The molecule has 1 aliphatic rings. The minimum atomic E-state index is 0.405. The fourth-order valence-corrected chi connectivity index (χ4v) is 1.64. The largest absolute Gasteiger partial charge is 0.377 e. The van der Waals surface area contributed by atoms with E-state index in [0.717, 1.165) is 19.2 Å². The van der Waals surface area contributed by atoms with Crippen molar-refractivity contribution in [1.82, 2.24) is 5.32 Å². The van der Waals surface area contributed by atoms with Gasteiger partial charge in [0, 0.05) is 19.2 Å². The normalized spacial score (nSPS) is 18.4. The maximum atomic E-state index is 5.92. The summed E-state index contributed by atoms with van der Waals surface area (Å²) in [6, 6.07) is 0.797. The minimum Gasteiger partial charge on any atom is -0.377 e. The molecule has 0 aromatic heterocycles. The van der Waals surface area contributed by atoms with Gasteiger partial charge < -0.3 is 10.1 Å². The summed E-state index contributed by atoms with van der Waals surface area (Å²) < 4.78 is 5.92. The molecule has 0 aromatic carbocycles. The Hall–Kier alpha value is -0.0800. The van der Waals surface area contributed by atoms with Crippen LogP contribution in [0.15, 0.2) is 0 Å². The van der Waals surface area contributed by atoms with Crippen molar-refractivity contribution in [2.75, 3.05) is 13.2 Å². The van der Waals surface area contributed by atoms with Gasteiger partial charge in [0.05, 0.1) is 6.10 Å². The average Bonchev–Trinajstić information content (AvgIpc) is 3.00. The lowest BCUT2D eigenvalue weighted by molar-refractivity contribution is 0.0207. The number of hydrogen-bond donors (Lipinski definition) is 1. The van der Waals surface area contributed by atoms with Crippen LogP contribution in [0.1, 0.15) is 52.9 Å². The minimum absolute atomic E-state index is 0.405. The number of ether oxygens (including phenoxy) is 1. The first-order valence-corrected chi connectivity index (χ1v) is 6.59. The monoisotopic (exact) mass is 213 g/mol. The molecule has 0 heterocycles. The molecule has 0 amide bonds. The Morgan fingerprint density at radius 3 is 2.53 bits per heavy atom. The topological polar surface area (TPSA) is 21.3 Å². The van der Waals surface area contributed by atoms with E-state index < -0.39 is 0 Å². The molecule has 0 radical (unpaired) electrons. The van der Waals surface area contributed by atoms with Gasteiger partial charge in [0.25, 0.3) is 0 Å². The summed E-state index contributed by atoms with van der Waals surface area (Å²) in [6.45, 7) is 8.70. The molecule has 1 saturated carbocycles. The quantitative estimate of drug-likeness (QED) is 0.595. The van der Waals surface area contributed by atoms with Crippen LogP contribution in [0.25, 0.3) is 0 Å². The highest BCUT2D eigenvalue weighted by Crippen LogP contribution is 2.19. The van der Waals surface area contributed by atoms with Crippen LogP contribution in [0, 0.1) is 5.92 Å². The lowest BCUT2D eigenvalue weighted by Crippen LogP contribution is -2.34. The number of unbranched alkanes of at least 4 members (excludes halogenated alkanes) is 2. The van der Waals surface area contributed by atoms with Gasteiger partial charge >= 0.3 is 0 Å². The highest BCUT2D eigenvalue weighted by Gasteiger charge is 2.23. The molecule has 0 saturated heterocycles. The molecule has 1 fully saturated rings. The zero-order valence-corrected chi connectivity index (χ0v) is 10.6. The van der Waals surface area contributed by atoms with Crippen molar-refractivity contribution in [3.63, 3.8) is 0 Å². The van der Waals surface area contributed by atoms with Crippen LogP contribution >= 0.6 is 0 Å². The molecular weight excluding hydrogens is 186 g/mol. The fraction of sp³-hybridized carbons (Fsp3) is 1.00. The summed E-state index contributed by atoms with van der Waals surface area (Å²) in [7, 11) is 0. The van der Waals surface area contributed by atoms with Crippen molar-refractivity contribution >= 4 is 0 Å². The SMILES string of the molecule is CCCCCOC(CNC1CC1)C(C)C. The molecule has 1 aliphatic carbocycles. The Balaban J connectivity index is 2.05. The van der Waals surface area contributed by atoms with Gasteiger partial charge in [0.15, 0.2) is 0 Å². The predicted molar refractivity (Wildman–Crippen MR) is 65.1 cm³/mol.